The molecular formula is C12H18N2O. The molecule has 0 atom stereocenters. The highest BCUT2D eigenvalue weighted by atomic mass is 16.3. The number of hydrogen-bond donors (Lipinski definition) is 2. The molecule has 3 nitrogen and oxygen atoms in total. The Hall–Kier alpha value is -0.930. The summed E-state index contributed by atoms with van der Waals surface area (Å²) in [6, 6.07) is 4.13. The minimum Gasteiger partial charge on any atom is -0.389 e. The first kappa shape index (κ1) is 10.6. The van der Waals surface area contributed by atoms with Gasteiger partial charge in [0.1, 0.15) is 0 Å². The summed E-state index contributed by atoms with van der Waals surface area (Å²) in [6.07, 6.45) is 7.35. The molecule has 1 aromatic heterocycles. The third-order valence-electron chi connectivity index (χ3n) is 3.47. The van der Waals surface area contributed by atoms with Gasteiger partial charge in [0.05, 0.1) is 5.60 Å². The van der Waals surface area contributed by atoms with E-state index in [4.69, 9.17) is 5.73 Å². The maximum absolute atomic E-state index is 10.0. The first-order valence-electron chi connectivity index (χ1n) is 5.56. The van der Waals surface area contributed by atoms with Crippen LogP contribution in [0.4, 0.5) is 0 Å². The standard InChI is InChI=1S/C12H18N2O/c13-9-12(15)5-1-10(2-6-12)11-3-7-14-8-4-11/h3-4,7-8,10,15H,1-2,5-6,9,13H2. The van der Waals surface area contributed by atoms with Crippen LogP contribution in [0.25, 0.3) is 0 Å². The fourth-order valence-electron chi connectivity index (χ4n) is 2.33. The lowest BCUT2D eigenvalue weighted by Gasteiger charge is -2.35. The molecule has 0 bridgehead atoms. The largest absolute Gasteiger partial charge is 0.389 e. The van der Waals surface area contributed by atoms with Gasteiger partial charge in [-0.25, -0.2) is 0 Å². The minimum absolute atomic E-state index is 0.385. The third kappa shape index (κ3) is 2.36. The molecule has 1 aromatic rings. The van der Waals surface area contributed by atoms with Crippen molar-refractivity contribution in [3.8, 4) is 0 Å². The Morgan fingerprint density at radius 2 is 1.93 bits per heavy atom. The van der Waals surface area contributed by atoms with Crippen molar-refractivity contribution in [1.29, 1.82) is 0 Å². The van der Waals surface area contributed by atoms with Crippen LogP contribution in [0.3, 0.4) is 0 Å². The van der Waals surface area contributed by atoms with Crippen molar-refractivity contribution < 1.29 is 5.11 Å². The van der Waals surface area contributed by atoms with E-state index in [0.717, 1.165) is 25.7 Å². The molecule has 1 aliphatic rings. The zero-order valence-corrected chi connectivity index (χ0v) is 8.89. The summed E-state index contributed by atoms with van der Waals surface area (Å²) in [6.45, 7) is 0.385. The van der Waals surface area contributed by atoms with Crippen LogP contribution in [0.5, 0.6) is 0 Å². The third-order valence-corrected chi connectivity index (χ3v) is 3.47. The Labute approximate surface area is 90.3 Å². The molecule has 82 valence electrons. The lowest BCUT2D eigenvalue weighted by molar-refractivity contribution is 0.00766. The molecule has 0 aromatic carbocycles. The van der Waals surface area contributed by atoms with E-state index in [9.17, 15) is 5.11 Å². The molecule has 1 saturated carbocycles. The molecule has 0 amide bonds. The summed E-state index contributed by atoms with van der Waals surface area (Å²) >= 11 is 0. The second-order valence-corrected chi connectivity index (χ2v) is 4.48. The summed E-state index contributed by atoms with van der Waals surface area (Å²) in [5.74, 6) is 0.569. The minimum atomic E-state index is -0.608. The fraction of sp³-hybridized carbons (Fsp3) is 0.583. The van der Waals surface area contributed by atoms with Gasteiger partial charge in [0, 0.05) is 18.9 Å². The van der Waals surface area contributed by atoms with Crippen molar-refractivity contribution in [1.82, 2.24) is 4.98 Å². The van der Waals surface area contributed by atoms with E-state index < -0.39 is 5.60 Å². The Morgan fingerprint density at radius 1 is 1.33 bits per heavy atom. The Morgan fingerprint density at radius 3 is 2.47 bits per heavy atom. The van der Waals surface area contributed by atoms with Gasteiger partial charge in [0.25, 0.3) is 0 Å². The van der Waals surface area contributed by atoms with Gasteiger partial charge < -0.3 is 10.8 Å². The zero-order valence-electron chi connectivity index (χ0n) is 8.89. The number of aliphatic hydroxyl groups is 1. The molecule has 1 heterocycles. The second kappa shape index (κ2) is 4.29. The van der Waals surface area contributed by atoms with Crippen LogP contribution in [0.1, 0.15) is 37.2 Å². The molecule has 1 aliphatic carbocycles. The van der Waals surface area contributed by atoms with Gasteiger partial charge in [-0.15, -0.1) is 0 Å². The maximum Gasteiger partial charge on any atom is 0.0769 e. The van der Waals surface area contributed by atoms with Gasteiger partial charge in [-0.05, 0) is 49.3 Å². The number of rotatable bonds is 2. The summed E-state index contributed by atoms with van der Waals surface area (Å²) in [5.41, 5.74) is 6.29. The molecule has 0 radical (unpaired) electrons. The van der Waals surface area contributed by atoms with Crippen LogP contribution >= 0.6 is 0 Å². The first-order chi connectivity index (χ1) is 7.23. The number of nitrogens with two attached hydrogens (primary N) is 1. The second-order valence-electron chi connectivity index (χ2n) is 4.48. The predicted molar refractivity (Wildman–Crippen MR) is 59.5 cm³/mol. The summed E-state index contributed by atoms with van der Waals surface area (Å²) in [4.78, 5) is 4.02. The van der Waals surface area contributed by atoms with E-state index in [0.29, 0.717) is 12.5 Å². The zero-order chi connectivity index (χ0) is 10.7. The van der Waals surface area contributed by atoms with E-state index in [1.54, 1.807) is 0 Å². The lowest BCUT2D eigenvalue weighted by Crippen LogP contribution is -2.40. The van der Waals surface area contributed by atoms with E-state index in [1.807, 2.05) is 12.4 Å². The summed E-state index contributed by atoms with van der Waals surface area (Å²) in [5, 5.41) is 10.0. The lowest BCUT2D eigenvalue weighted by atomic mass is 9.76. The smallest absolute Gasteiger partial charge is 0.0769 e. The van der Waals surface area contributed by atoms with Gasteiger partial charge in [-0.2, -0.15) is 0 Å². The highest BCUT2D eigenvalue weighted by Crippen LogP contribution is 2.37. The summed E-state index contributed by atoms with van der Waals surface area (Å²) in [7, 11) is 0. The average molecular weight is 206 g/mol. The first-order valence-corrected chi connectivity index (χ1v) is 5.56. The number of aromatic nitrogens is 1. The molecule has 1 fully saturated rings. The van der Waals surface area contributed by atoms with Crippen LogP contribution in [0.15, 0.2) is 24.5 Å². The van der Waals surface area contributed by atoms with Crippen molar-refractivity contribution in [2.75, 3.05) is 6.54 Å². The Balaban J connectivity index is 2.00. The van der Waals surface area contributed by atoms with Crippen molar-refractivity contribution in [3.05, 3.63) is 30.1 Å². The Kier molecular flexibility index (Phi) is 3.03. The van der Waals surface area contributed by atoms with Gasteiger partial charge >= 0.3 is 0 Å². The number of hydrogen-bond acceptors (Lipinski definition) is 3. The number of pyridine rings is 1. The molecular weight excluding hydrogens is 188 g/mol. The molecule has 0 saturated heterocycles. The normalized spacial score (nSPS) is 31.5. The monoisotopic (exact) mass is 206 g/mol. The van der Waals surface area contributed by atoms with Gasteiger partial charge in [0.15, 0.2) is 0 Å². The van der Waals surface area contributed by atoms with Gasteiger partial charge in [-0.1, -0.05) is 0 Å². The highest BCUT2D eigenvalue weighted by molar-refractivity contribution is 5.17. The highest BCUT2D eigenvalue weighted by Gasteiger charge is 2.32. The van der Waals surface area contributed by atoms with E-state index in [-0.39, 0.29) is 0 Å². The molecule has 15 heavy (non-hydrogen) atoms. The predicted octanol–water partition coefficient (Wildman–Crippen LogP) is 1.43. The summed E-state index contributed by atoms with van der Waals surface area (Å²) < 4.78 is 0. The molecule has 0 unspecified atom stereocenters. The van der Waals surface area contributed by atoms with E-state index in [1.165, 1.54) is 5.56 Å². The van der Waals surface area contributed by atoms with Crippen molar-refractivity contribution >= 4 is 0 Å². The quantitative estimate of drug-likeness (QED) is 0.769. The van der Waals surface area contributed by atoms with Crippen LogP contribution in [0, 0.1) is 0 Å². The van der Waals surface area contributed by atoms with Crippen molar-refractivity contribution in [3.63, 3.8) is 0 Å². The van der Waals surface area contributed by atoms with Crippen LogP contribution in [0.2, 0.25) is 0 Å². The Bertz CT molecular complexity index is 305. The van der Waals surface area contributed by atoms with Crippen molar-refractivity contribution in [2.24, 2.45) is 5.73 Å². The van der Waals surface area contributed by atoms with Crippen LogP contribution in [-0.4, -0.2) is 22.2 Å². The van der Waals surface area contributed by atoms with Crippen LogP contribution < -0.4 is 5.73 Å². The molecule has 3 N–H and O–H groups in total. The fourth-order valence-corrected chi connectivity index (χ4v) is 2.33. The molecule has 0 aliphatic heterocycles. The van der Waals surface area contributed by atoms with E-state index in [2.05, 4.69) is 17.1 Å². The molecule has 0 spiro atoms. The SMILES string of the molecule is NCC1(O)CCC(c2ccncc2)CC1. The maximum atomic E-state index is 10.0. The topological polar surface area (TPSA) is 59.1 Å². The molecule has 3 heteroatoms. The molecule has 2 rings (SSSR count). The average Bonchev–Trinajstić information content (AvgIpc) is 2.31. The van der Waals surface area contributed by atoms with Crippen molar-refractivity contribution in [2.45, 2.75) is 37.2 Å². The van der Waals surface area contributed by atoms with Crippen LogP contribution in [-0.2, 0) is 0 Å². The number of nitrogens with zero attached hydrogens (tertiary/aromatic N) is 1. The van der Waals surface area contributed by atoms with E-state index >= 15 is 0 Å². The van der Waals surface area contributed by atoms with Gasteiger partial charge in [-0.3, -0.25) is 4.98 Å². The van der Waals surface area contributed by atoms with Gasteiger partial charge in [0.2, 0.25) is 0 Å².